The zero-order valence-corrected chi connectivity index (χ0v) is 19.4. The van der Waals surface area contributed by atoms with Gasteiger partial charge in [-0.1, -0.05) is 24.3 Å². The Hall–Kier alpha value is -2.93. The summed E-state index contributed by atoms with van der Waals surface area (Å²) in [5, 5.41) is 12.2. The summed E-state index contributed by atoms with van der Waals surface area (Å²) in [5.74, 6) is 0.862. The maximum absolute atomic E-state index is 13.0. The predicted molar refractivity (Wildman–Crippen MR) is 125 cm³/mol. The van der Waals surface area contributed by atoms with Crippen LogP contribution in [0.25, 0.3) is 0 Å². The lowest BCUT2D eigenvalue weighted by atomic mass is 10.1. The van der Waals surface area contributed by atoms with Gasteiger partial charge in [0.1, 0.15) is 11.8 Å². The molecular formula is C23H24N4O3S2. The SMILES string of the molecule is CCOc1ccc(Cc2csc(N3CCN(S(=O)(=O)c4ccccc4C#N)CC3)n2)cc1. The second-order valence-corrected chi connectivity index (χ2v) is 10.1. The molecule has 2 aromatic carbocycles. The summed E-state index contributed by atoms with van der Waals surface area (Å²) in [7, 11) is -3.70. The van der Waals surface area contributed by atoms with Gasteiger partial charge in [-0.25, -0.2) is 13.4 Å². The number of hydrogen-bond acceptors (Lipinski definition) is 7. The summed E-state index contributed by atoms with van der Waals surface area (Å²) in [6, 6.07) is 16.3. The van der Waals surface area contributed by atoms with E-state index >= 15 is 0 Å². The van der Waals surface area contributed by atoms with Gasteiger partial charge in [0.15, 0.2) is 5.13 Å². The smallest absolute Gasteiger partial charge is 0.244 e. The number of aromatic nitrogens is 1. The van der Waals surface area contributed by atoms with Crippen molar-refractivity contribution in [1.29, 1.82) is 5.26 Å². The van der Waals surface area contributed by atoms with E-state index in [-0.39, 0.29) is 10.5 Å². The Morgan fingerprint density at radius 1 is 1.09 bits per heavy atom. The monoisotopic (exact) mass is 468 g/mol. The molecule has 0 N–H and O–H groups in total. The topological polar surface area (TPSA) is 86.5 Å². The van der Waals surface area contributed by atoms with Gasteiger partial charge in [-0.2, -0.15) is 9.57 Å². The van der Waals surface area contributed by atoms with Crippen molar-refractivity contribution in [1.82, 2.24) is 9.29 Å². The highest BCUT2D eigenvalue weighted by atomic mass is 32.2. The van der Waals surface area contributed by atoms with E-state index < -0.39 is 10.0 Å². The molecule has 7 nitrogen and oxygen atoms in total. The molecule has 1 aromatic heterocycles. The highest BCUT2D eigenvalue weighted by Crippen LogP contribution is 2.26. The Morgan fingerprint density at radius 3 is 2.50 bits per heavy atom. The van der Waals surface area contributed by atoms with Crippen LogP contribution in [0, 0.1) is 11.3 Å². The maximum Gasteiger partial charge on any atom is 0.244 e. The molecule has 4 rings (SSSR count). The van der Waals surface area contributed by atoms with Crippen LogP contribution >= 0.6 is 11.3 Å². The average molecular weight is 469 g/mol. The maximum atomic E-state index is 13.0. The van der Waals surface area contributed by atoms with E-state index in [1.54, 1.807) is 23.5 Å². The number of nitrogens with zero attached hydrogens (tertiary/aromatic N) is 4. The first-order valence-corrected chi connectivity index (χ1v) is 12.7. The second kappa shape index (κ2) is 9.69. The van der Waals surface area contributed by atoms with Gasteiger partial charge < -0.3 is 9.64 Å². The van der Waals surface area contributed by atoms with Crippen molar-refractivity contribution < 1.29 is 13.2 Å². The van der Waals surface area contributed by atoms with Crippen LogP contribution in [0.4, 0.5) is 5.13 Å². The number of hydrogen-bond donors (Lipinski definition) is 0. The minimum absolute atomic E-state index is 0.0721. The third kappa shape index (κ3) is 4.78. The van der Waals surface area contributed by atoms with Gasteiger partial charge in [0, 0.05) is 38.0 Å². The lowest BCUT2D eigenvalue weighted by molar-refractivity contribution is 0.340. The Labute approximate surface area is 192 Å². The van der Waals surface area contributed by atoms with Gasteiger partial charge in [0.25, 0.3) is 0 Å². The van der Waals surface area contributed by atoms with E-state index in [1.807, 2.05) is 37.3 Å². The molecule has 0 amide bonds. The van der Waals surface area contributed by atoms with Gasteiger partial charge in [-0.3, -0.25) is 0 Å². The van der Waals surface area contributed by atoms with Crippen molar-refractivity contribution in [2.24, 2.45) is 0 Å². The van der Waals surface area contributed by atoms with Gasteiger partial charge in [-0.05, 0) is 36.8 Å². The molecule has 9 heteroatoms. The Balaban J connectivity index is 1.39. The number of thiazole rings is 1. The van der Waals surface area contributed by atoms with Crippen molar-refractivity contribution in [2.45, 2.75) is 18.2 Å². The molecule has 0 saturated carbocycles. The molecule has 1 fully saturated rings. The van der Waals surface area contributed by atoms with E-state index in [0.29, 0.717) is 32.8 Å². The molecule has 0 spiro atoms. The second-order valence-electron chi connectivity index (χ2n) is 7.37. The van der Waals surface area contributed by atoms with Crippen molar-refractivity contribution in [3.05, 3.63) is 70.7 Å². The molecule has 0 atom stereocenters. The average Bonchev–Trinajstić information content (AvgIpc) is 3.29. The van der Waals surface area contributed by atoms with Crippen LogP contribution in [0.5, 0.6) is 5.75 Å². The lowest BCUT2D eigenvalue weighted by Crippen LogP contribution is -2.48. The van der Waals surface area contributed by atoms with Gasteiger partial charge in [-0.15, -0.1) is 11.3 Å². The summed E-state index contributed by atoms with van der Waals surface area (Å²) >= 11 is 1.58. The van der Waals surface area contributed by atoms with Crippen LogP contribution in [0.15, 0.2) is 58.8 Å². The van der Waals surface area contributed by atoms with Gasteiger partial charge in [0.2, 0.25) is 10.0 Å². The molecule has 2 heterocycles. The molecule has 32 heavy (non-hydrogen) atoms. The Bertz CT molecular complexity index is 1210. The Kier molecular flexibility index (Phi) is 6.74. The van der Waals surface area contributed by atoms with Gasteiger partial charge in [0.05, 0.1) is 22.8 Å². The summed E-state index contributed by atoms with van der Waals surface area (Å²) in [6.45, 7) is 4.44. The zero-order chi connectivity index (χ0) is 22.6. The molecule has 0 radical (unpaired) electrons. The number of anilines is 1. The fourth-order valence-electron chi connectivity index (χ4n) is 3.64. The zero-order valence-electron chi connectivity index (χ0n) is 17.8. The van der Waals surface area contributed by atoms with Crippen molar-refractivity contribution >= 4 is 26.5 Å². The number of rotatable bonds is 7. The van der Waals surface area contributed by atoms with E-state index in [4.69, 9.17) is 9.72 Å². The molecule has 0 aliphatic carbocycles. The van der Waals surface area contributed by atoms with Gasteiger partial charge >= 0.3 is 0 Å². The summed E-state index contributed by atoms with van der Waals surface area (Å²) in [5.41, 5.74) is 2.33. The molecule has 3 aromatic rings. The molecule has 1 aliphatic heterocycles. The Morgan fingerprint density at radius 2 is 1.81 bits per heavy atom. The molecule has 1 saturated heterocycles. The van der Waals surface area contributed by atoms with Crippen LogP contribution < -0.4 is 9.64 Å². The van der Waals surface area contributed by atoms with Crippen LogP contribution in [-0.4, -0.2) is 50.5 Å². The minimum atomic E-state index is -3.70. The highest BCUT2D eigenvalue weighted by Gasteiger charge is 2.31. The minimum Gasteiger partial charge on any atom is -0.494 e. The molecule has 166 valence electrons. The molecule has 1 aliphatic rings. The predicted octanol–water partition coefficient (Wildman–Crippen LogP) is 3.52. The van der Waals surface area contributed by atoms with E-state index in [2.05, 4.69) is 10.3 Å². The van der Waals surface area contributed by atoms with E-state index in [9.17, 15) is 13.7 Å². The fraction of sp³-hybridized carbons (Fsp3) is 0.304. The van der Waals surface area contributed by atoms with Crippen LogP contribution in [0.2, 0.25) is 0 Å². The third-order valence-electron chi connectivity index (χ3n) is 5.29. The summed E-state index contributed by atoms with van der Waals surface area (Å²) in [6.07, 6.45) is 0.738. The number of benzene rings is 2. The summed E-state index contributed by atoms with van der Waals surface area (Å²) in [4.78, 5) is 6.95. The van der Waals surface area contributed by atoms with E-state index in [1.165, 1.54) is 16.4 Å². The molecule has 0 bridgehead atoms. The summed E-state index contributed by atoms with van der Waals surface area (Å²) < 4.78 is 33.0. The van der Waals surface area contributed by atoms with Crippen molar-refractivity contribution in [3.8, 4) is 11.8 Å². The molecule has 0 unspecified atom stereocenters. The number of sulfonamides is 1. The largest absolute Gasteiger partial charge is 0.494 e. The van der Waals surface area contributed by atoms with Crippen molar-refractivity contribution in [2.75, 3.05) is 37.7 Å². The standard InChI is InChI=1S/C23H24N4O3S2/c1-2-30-21-9-7-18(8-10-21)15-20-17-31-23(25-20)26-11-13-27(14-12-26)32(28,29)22-6-4-3-5-19(22)16-24/h3-10,17H,2,11-15H2,1H3. The fourth-order valence-corrected chi connectivity index (χ4v) is 6.09. The highest BCUT2D eigenvalue weighted by molar-refractivity contribution is 7.89. The quantitative estimate of drug-likeness (QED) is 0.527. The number of ether oxygens (including phenoxy) is 1. The van der Waals surface area contributed by atoms with Crippen LogP contribution in [0.1, 0.15) is 23.7 Å². The van der Waals surface area contributed by atoms with Crippen molar-refractivity contribution in [3.63, 3.8) is 0 Å². The van der Waals surface area contributed by atoms with Crippen LogP contribution in [-0.2, 0) is 16.4 Å². The number of piperazine rings is 1. The lowest BCUT2D eigenvalue weighted by Gasteiger charge is -2.33. The first kappa shape index (κ1) is 22.3. The van der Waals surface area contributed by atoms with Crippen LogP contribution in [0.3, 0.4) is 0 Å². The van der Waals surface area contributed by atoms with E-state index in [0.717, 1.165) is 28.6 Å². The number of nitriles is 1. The normalized spacial score (nSPS) is 14.8. The molecular weight excluding hydrogens is 444 g/mol. The first-order chi connectivity index (χ1) is 15.5. The third-order valence-corrected chi connectivity index (χ3v) is 8.20. The first-order valence-electron chi connectivity index (χ1n) is 10.4.